The summed E-state index contributed by atoms with van der Waals surface area (Å²) in [5, 5.41) is 0. The van der Waals surface area contributed by atoms with Crippen LogP contribution in [0.5, 0.6) is 11.5 Å². The van der Waals surface area contributed by atoms with Crippen LogP contribution in [-0.2, 0) is 9.59 Å². The maximum absolute atomic E-state index is 13.0. The smallest absolute Gasteiger partial charge is 0.238 e. The molecule has 0 aromatic heterocycles. The number of rotatable bonds is 1. The van der Waals surface area contributed by atoms with Gasteiger partial charge >= 0.3 is 0 Å². The Balaban J connectivity index is 1.43. The number of amides is 2. The van der Waals surface area contributed by atoms with E-state index in [0.29, 0.717) is 29.0 Å². The molecule has 0 unspecified atom stereocenters. The lowest BCUT2D eigenvalue weighted by Crippen LogP contribution is -2.40. The Labute approximate surface area is 132 Å². The van der Waals surface area contributed by atoms with Gasteiger partial charge in [0, 0.05) is 6.07 Å². The molecule has 2 saturated carbocycles. The van der Waals surface area contributed by atoms with Gasteiger partial charge in [0.05, 0.1) is 17.5 Å². The van der Waals surface area contributed by atoms with Crippen LogP contribution in [0, 0.1) is 35.5 Å². The summed E-state index contributed by atoms with van der Waals surface area (Å²) in [4.78, 5) is 27.4. The lowest BCUT2D eigenvalue weighted by molar-refractivity contribution is -0.124. The van der Waals surface area contributed by atoms with E-state index in [4.69, 9.17) is 9.47 Å². The van der Waals surface area contributed by atoms with Gasteiger partial charge in [-0.1, -0.05) is 12.2 Å². The second-order valence-electron chi connectivity index (χ2n) is 7.20. The number of allylic oxidation sites excluding steroid dienone is 2. The molecule has 0 radical (unpaired) electrons. The van der Waals surface area contributed by atoms with Crippen LogP contribution in [0.3, 0.4) is 0 Å². The quantitative estimate of drug-likeness (QED) is 0.588. The average molecular weight is 309 g/mol. The highest BCUT2D eigenvalue weighted by atomic mass is 16.7. The van der Waals surface area contributed by atoms with Crippen LogP contribution in [-0.4, -0.2) is 18.6 Å². The SMILES string of the molecule is O=C1[C@H]2[C@@H]3C=C[C@H]([C@H]4C[C@H]34)[C@@H]2C(=O)N1c1ccc2c(c1)OCO2. The summed E-state index contributed by atoms with van der Waals surface area (Å²) in [6, 6.07) is 5.28. The average Bonchev–Trinajstić information content (AvgIpc) is 3.20. The van der Waals surface area contributed by atoms with E-state index in [1.54, 1.807) is 18.2 Å². The molecular weight excluding hydrogens is 294 g/mol. The van der Waals surface area contributed by atoms with Crippen molar-refractivity contribution in [2.45, 2.75) is 6.42 Å². The molecule has 6 aliphatic rings. The van der Waals surface area contributed by atoms with Gasteiger partial charge in [0.2, 0.25) is 18.6 Å². The lowest BCUT2D eigenvalue weighted by atomic mass is 9.63. The van der Waals surface area contributed by atoms with Crippen molar-refractivity contribution in [1.29, 1.82) is 0 Å². The Morgan fingerprint density at radius 2 is 1.57 bits per heavy atom. The number of hydrogen-bond donors (Lipinski definition) is 0. The predicted molar refractivity (Wildman–Crippen MR) is 79.8 cm³/mol. The fraction of sp³-hybridized carbons (Fsp3) is 0.444. The van der Waals surface area contributed by atoms with Crippen LogP contribution < -0.4 is 14.4 Å². The second kappa shape index (κ2) is 3.78. The van der Waals surface area contributed by atoms with E-state index in [9.17, 15) is 9.59 Å². The Morgan fingerprint density at radius 3 is 2.26 bits per heavy atom. The molecule has 5 nitrogen and oxygen atoms in total. The monoisotopic (exact) mass is 309 g/mol. The largest absolute Gasteiger partial charge is 0.454 e. The van der Waals surface area contributed by atoms with Gasteiger partial charge in [0.25, 0.3) is 0 Å². The molecule has 4 aliphatic carbocycles. The molecule has 1 saturated heterocycles. The molecule has 2 heterocycles. The fourth-order valence-electron chi connectivity index (χ4n) is 5.24. The number of hydrogen-bond acceptors (Lipinski definition) is 4. The molecule has 23 heavy (non-hydrogen) atoms. The maximum atomic E-state index is 13.0. The van der Waals surface area contributed by atoms with Crippen molar-refractivity contribution < 1.29 is 19.1 Å². The van der Waals surface area contributed by atoms with Gasteiger partial charge < -0.3 is 9.47 Å². The van der Waals surface area contributed by atoms with Crippen molar-refractivity contribution in [2.75, 3.05) is 11.7 Å². The van der Waals surface area contributed by atoms with E-state index in [1.165, 1.54) is 11.3 Å². The van der Waals surface area contributed by atoms with E-state index < -0.39 is 0 Å². The first-order chi connectivity index (χ1) is 11.2. The third-order valence-corrected chi connectivity index (χ3v) is 6.28. The van der Waals surface area contributed by atoms with Gasteiger partial charge in [-0.3, -0.25) is 9.59 Å². The minimum Gasteiger partial charge on any atom is -0.454 e. The van der Waals surface area contributed by atoms with Gasteiger partial charge in [-0.2, -0.15) is 0 Å². The van der Waals surface area contributed by atoms with Gasteiger partial charge in [-0.25, -0.2) is 4.90 Å². The molecule has 6 atom stereocenters. The summed E-state index contributed by atoms with van der Waals surface area (Å²) in [5.41, 5.74) is 0.603. The Bertz CT molecular complexity index is 764. The predicted octanol–water partition coefficient (Wildman–Crippen LogP) is 1.97. The normalized spacial score (nSPS) is 41.3. The fourth-order valence-corrected chi connectivity index (χ4v) is 5.24. The number of nitrogens with zero attached hydrogens (tertiary/aromatic N) is 1. The van der Waals surface area contributed by atoms with Crippen molar-refractivity contribution >= 4 is 17.5 Å². The number of ether oxygens (including phenoxy) is 2. The highest BCUT2D eigenvalue weighted by molar-refractivity contribution is 6.22. The van der Waals surface area contributed by atoms with Crippen molar-refractivity contribution in [3.8, 4) is 11.5 Å². The summed E-state index contributed by atoms with van der Waals surface area (Å²) >= 11 is 0. The van der Waals surface area contributed by atoms with E-state index in [2.05, 4.69) is 12.2 Å². The number of benzene rings is 1. The minimum absolute atomic E-state index is 0.0384. The van der Waals surface area contributed by atoms with Crippen LogP contribution in [0.4, 0.5) is 5.69 Å². The van der Waals surface area contributed by atoms with Crippen molar-refractivity contribution in [3.05, 3.63) is 30.4 Å². The highest BCUT2D eigenvalue weighted by Gasteiger charge is 2.67. The molecule has 2 aliphatic heterocycles. The third kappa shape index (κ3) is 1.35. The van der Waals surface area contributed by atoms with Crippen molar-refractivity contribution in [2.24, 2.45) is 35.5 Å². The highest BCUT2D eigenvalue weighted by Crippen LogP contribution is 2.65. The molecular formula is C18H15NO4. The molecule has 2 bridgehead atoms. The number of anilines is 1. The van der Waals surface area contributed by atoms with Crippen LogP contribution in [0.15, 0.2) is 30.4 Å². The second-order valence-corrected chi connectivity index (χ2v) is 7.20. The van der Waals surface area contributed by atoms with Crippen LogP contribution in [0.2, 0.25) is 0 Å². The minimum atomic E-state index is -0.160. The van der Waals surface area contributed by atoms with E-state index in [0.717, 1.165) is 0 Å². The van der Waals surface area contributed by atoms with E-state index in [-0.39, 0.29) is 42.3 Å². The maximum Gasteiger partial charge on any atom is 0.238 e. The Hall–Kier alpha value is -2.30. The summed E-state index contributed by atoms with van der Waals surface area (Å²) in [6.07, 6.45) is 5.56. The Kier molecular flexibility index (Phi) is 2.00. The number of carbonyl (C=O) groups is 2. The zero-order valence-corrected chi connectivity index (χ0v) is 12.3. The number of carbonyl (C=O) groups excluding carboxylic acids is 2. The number of imide groups is 1. The summed E-state index contributed by atoms with van der Waals surface area (Å²) in [5.74, 6) is 2.62. The summed E-state index contributed by atoms with van der Waals surface area (Å²) in [7, 11) is 0. The molecule has 0 spiro atoms. The first-order valence-corrected chi connectivity index (χ1v) is 8.20. The van der Waals surface area contributed by atoms with E-state index in [1.807, 2.05) is 0 Å². The molecule has 5 heteroatoms. The summed E-state index contributed by atoms with van der Waals surface area (Å²) < 4.78 is 10.7. The number of fused-ring (bicyclic) bond motifs is 1. The zero-order valence-electron chi connectivity index (χ0n) is 12.3. The van der Waals surface area contributed by atoms with Crippen LogP contribution in [0.1, 0.15) is 6.42 Å². The van der Waals surface area contributed by atoms with Gasteiger partial charge in [-0.05, 0) is 42.2 Å². The van der Waals surface area contributed by atoms with Crippen molar-refractivity contribution in [3.63, 3.8) is 0 Å². The van der Waals surface area contributed by atoms with Gasteiger partial charge in [0.1, 0.15) is 0 Å². The summed E-state index contributed by atoms with van der Waals surface area (Å²) in [6.45, 7) is 0.184. The lowest BCUT2D eigenvalue weighted by Gasteiger charge is -2.37. The first-order valence-electron chi connectivity index (χ1n) is 8.20. The van der Waals surface area contributed by atoms with Crippen LogP contribution in [0.25, 0.3) is 0 Å². The molecule has 7 rings (SSSR count). The Morgan fingerprint density at radius 1 is 0.913 bits per heavy atom. The molecule has 1 aromatic carbocycles. The van der Waals surface area contributed by atoms with Crippen LogP contribution >= 0.6 is 0 Å². The molecule has 116 valence electrons. The zero-order chi connectivity index (χ0) is 15.3. The van der Waals surface area contributed by atoms with Gasteiger partial charge in [0.15, 0.2) is 11.5 Å². The van der Waals surface area contributed by atoms with Crippen molar-refractivity contribution in [1.82, 2.24) is 0 Å². The standard InChI is InChI=1S/C18H15NO4/c20-17-15-9-2-3-10(12-6-11(9)12)16(15)18(21)19(17)8-1-4-13-14(5-8)23-7-22-13/h1-5,9-12,15-16H,6-7H2/t9-,10-,11-,12-,15+,16+/m1/s1. The van der Waals surface area contributed by atoms with E-state index >= 15 is 0 Å². The van der Waals surface area contributed by atoms with Gasteiger partial charge in [-0.15, -0.1) is 0 Å². The molecule has 1 aromatic rings. The topological polar surface area (TPSA) is 55.8 Å². The third-order valence-electron chi connectivity index (χ3n) is 6.28. The molecule has 3 fully saturated rings. The molecule has 0 N–H and O–H groups in total. The molecule has 2 amide bonds. The first kappa shape index (κ1) is 12.2.